The summed E-state index contributed by atoms with van der Waals surface area (Å²) in [6.45, 7) is 0.103. The van der Waals surface area contributed by atoms with Gasteiger partial charge in [-0.1, -0.05) is 24.3 Å². The Morgan fingerprint density at radius 3 is 2.91 bits per heavy atom. The summed E-state index contributed by atoms with van der Waals surface area (Å²) in [5.41, 5.74) is 1.13. The van der Waals surface area contributed by atoms with Crippen molar-refractivity contribution in [2.24, 2.45) is 0 Å². The molecule has 0 aliphatic carbocycles. The molecule has 1 N–H and O–H groups in total. The number of rotatable bonds is 2. The van der Waals surface area contributed by atoms with E-state index in [2.05, 4.69) is 28.7 Å². The first-order valence-electron chi connectivity index (χ1n) is 3.36. The number of aliphatic hydroxyl groups excluding tert-OH is 1. The van der Waals surface area contributed by atoms with E-state index in [0.29, 0.717) is 0 Å². The molecule has 11 heavy (non-hydrogen) atoms. The van der Waals surface area contributed by atoms with Crippen LogP contribution >= 0.6 is 22.6 Å². The van der Waals surface area contributed by atoms with E-state index in [0.717, 1.165) is 5.56 Å². The third-order valence-corrected chi connectivity index (χ3v) is 1.94. The lowest BCUT2D eigenvalue weighted by atomic mass is 10.2. The molecule has 1 aromatic rings. The lowest BCUT2D eigenvalue weighted by Crippen LogP contribution is -1.75. The van der Waals surface area contributed by atoms with Crippen molar-refractivity contribution < 1.29 is 5.11 Å². The molecule has 0 fully saturated rings. The van der Waals surface area contributed by atoms with Gasteiger partial charge in [-0.3, -0.25) is 0 Å². The zero-order valence-corrected chi connectivity index (χ0v) is 8.15. The van der Waals surface area contributed by atoms with Gasteiger partial charge in [-0.25, -0.2) is 0 Å². The molecule has 0 unspecified atom stereocenters. The largest absolute Gasteiger partial charge is 0.392 e. The van der Waals surface area contributed by atoms with Gasteiger partial charge in [0.2, 0.25) is 0 Å². The highest BCUT2D eigenvalue weighted by molar-refractivity contribution is 14.1. The molecule has 0 heterocycles. The van der Waals surface area contributed by atoms with Gasteiger partial charge in [0.25, 0.3) is 0 Å². The Hall–Kier alpha value is -0.350. The van der Waals surface area contributed by atoms with Gasteiger partial charge in [0.05, 0.1) is 6.61 Å². The van der Waals surface area contributed by atoms with Crippen LogP contribution in [0.25, 0.3) is 6.08 Å². The van der Waals surface area contributed by atoms with Crippen molar-refractivity contribution in [3.05, 3.63) is 39.5 Å². The third-order valence-electron chi connectivity index (χ3n) is 1.26. The highest BCUT2D eigenvalue weighted by atomic mass is 127. The SMILES string of the molecule is OC/C=C/c1cccc(I)c1. The van der Waals surface area contributed by atoms with Crippen molar-refractivity contribution in [2.45, 2.75) is 0 Å². The average molecular weight is 260 g/mol. The van der Waals surface area contributed by atoms with Crippen LogP contribution in [0.4, 0.5) is 0 Å². The van der Waals surface area contributed by atoms with Crippen LogP contribution in [-0.2, 0) is 0 Å². The summed E-state index contributed by atoms with van der Waals surface area (Å²) in [5, 5.41) is 8.51. The Labute approximate surface area is 79.9 Å². The van der Waals surface area contributed by atoms with Gasteiger partial charge in [-0.15, -0.1) is 0 Å². The van der Waals surface area contributed by atoms with Gasteiger partial charge >= 0.3 is 0 Å². The minimum atomic E-state index is 0.103. The molecule has 1 nitrogen and oxygen atoms in total. The number of hydrogen-bond acceptors (Lipinski definition) is 1. The van der Waals surface area contributed by atoms with E-state index in [1.165, 1.54) is 3.57 Å². The van der Waals surface area contributed by atoms with Gasteiger partial charge in [-0.05, 0) is 40.3 Å². The Balaban J connectivity index is 2.79. The molecule has 58 valence electrons. The fourth-order valence-electron chi connectivity index (χ4n) is 0.799. The zero-order valence-electron chi connectivity index (χ0n) is 6.00. The van der Waals surface area contributed by atoms with Crippen molar-refractivity contribution in [2.75, 3.05) is 6.61 Å². The molecular weight excluding hydrogens is 251 g/mol. The smallest absolute Gasteiger partial charge is 0.0615 e. The van der Waals surface area contributed by atoms with E-state index in [9.17, 15) is 0 Å². The second-order valence-electron chi connectivity index (χ2n) is 2.14. The molecule has 2 heteroatoms. The van der Waals surface area contributed by atoms with Gasteiger partial charge in [0.15, 0.2) is 0 Å². The fraction of sp³-hybridized carbons (Fsp3) is 0.111. The molecule has 1 rings (SSSR count). The second kappa shape index (κ2) is 4.51. The van der Waals surface area contributed by atoms with Crippen molar-refractivity contribution in [3.63, 3.8) is 0 Å². The van der Waals surface area contributed by atoms with Gasteiger partial charge in [0, 0.05) is 3.57 Å². The zero-order chi connectivity index (χ0) is 8.10. The molecule has 0 aliphatic rings. The molecular formula is C9H9IO. The predicted molar refractivity (Wildman–Crippen MR) is 55.3 cm³/mol. The molecule has 0 amide bonds. The maximum Gasteiger partial charge on any atom is 0.0615 e. The first-order chi connectivity index (χ1) is 5.33. The normalized spacial score (nSPS) is 10.7. The minimum Gasteiger partial charge on any atom is -0.392 e. The molecule has 0 radical (unpaired) electrons. The maximum absolute atomic E-state index is 8.51. The standard InChI is InChI=1S/C9H9IO/c10-9-5-1-3-8(7-9)4-2-6-11/h1-5,7,11H,6H2/b4-2+. The van der Waals surface area contributed by atoms with Crippen LogP contribution in [0, 0.1) is 3.57 Å². The van der Waals surface area contributed by atoms with E-state index in [1.807, 2.05) is 24.3 Å². The summed E-state index contributed by atoms with van der Waals surface area (Å²) < 4.78 is 1.21. The highest BCUT2D eigenvalue weighted by Gasteiger charge is 1.86. The number of benzene rings is 1. The lowest BCUT2D eigenvalue weighted by Gasteiger charge is -1.92. The predicted octanol–water partition coefficient (Wildman–Crippen LogP) is 2.30. The van der Waals surface area contributed by atoms with Gasteiger partial charge in [-0.2, -0.15) is 0 Å². The van der Waals surface area contributed by atoms with E-state index >= 15 is 0 Å². The molecule has 1 aromatic carbocycles. The number of aliphatic hydroxyl groups is 1. The summed E-state index contributed by atoms with van der Waals surface area (Å²) >= 11 is 2.26. The summed E-state index contributed by atoms with van der Waals surface area (Å²) in [6, 6.07) is 8.11. The van der Waals surface area contributed by atoms with Crippen LogP contribution in [0.1, 0.15) is 5.56 Å². The summed E-state index contributed by atoms with van der Waals surface area (Å²) in [7, 11) is 0. The molecule has 0 atom stereocenters. The first kappa shape index (κ1) is 8.74. The lowest BCUT2D eigenvalue weighted by molar-refractivity contribution is 0.343. The van der Waals surface area contributed by atoms with Crippen LogP contribution in [0.5, 0.6) is 0 Å². The van der Waals surface area contributed by atoms with Crippen LogP contribution in [0.15, 0.2) is 30.3 Å². The van der Waals surface area contributed by atoms with Crippen molar-refractivity contribution in [1.29, 1.82) is 0 Å². The highest BCUT2D eigenvalue weighted by Crippen LogP contribution is 2.08. The van der Waals surface area contributed by atoms with E-state index in [1.54, 1.807) is 6.08 Å². The minimum absolute atomic E-state index is 0.103. The van der Waals surface area contributed by atoms with E-state index in [-0.39, 0.29) is 6.61 Å². The average Bonchev–Trinajstić information content (AvgIpc) is 2.01. The van der Waals surface area contributed by atoms with Crippen molar-refractivity contribution in [3.8, 4) is 0 Å². The Morgan fingerprint density at radius 1 is 1.45 bits per heavy atom. The molecule has 0 saturated carbocycles. The summed E-state index contributed by atoms with van der Waals surface area (Å²) in [6.07, 6.45) is 3.63. The molecule has 0 bridgehead atoms. The monoisotopic (exact) mass is 260 g/mol. The Bertz CT molecular complexity index is 255. The number of halogens is 1. The fourth-order valence-corrected chi connectivity index (χ4v) is 1.37. The Kier molecular flexibility index (Phi) is 3.59. The topological polar surface area (TPSA) is 20.2 Å². The van der Waals surface area contributed by atoms with Gasteiger partial charge in [0.1, 0.15) is 0 Å². The van der Waals surface area contributed by atoms with Crippen molar-refractivity contribution in [1.82, 2.24) is 0 Å². The Morgan fingerprint density at radius 2 is 2.27 bits per heavy atom. The van der Waals surface area contributed by atoms with Crippen LogP contribution < -0.4 is 0 Å². The van der Waals surface area contributed by atoms with Crippen LogP contribution in [0.3, 0.4) is 0 Å². The molecule has 0 aromatic heterocycles. The summed E-state index contributed by atoms with van der Waals surface area (Å²) in [5.74, 6) is 0. The van der Waals surface area contributed by atoms with Crippen LogP contribution in [-0.4, -0.2) is 11.7 Å². The van der Waals surface area contributed by atoms with Crippen LogP contribution in [0.2, 0.25) is 0 Å². The van der Waals surface area contributed by atoms with Crippen molar-refractivity contribution >= 4 is 28.7 Å². The van der Waals surface area contributed by atoms with Gasteiger partial charge < -0.3 is 5.11 Å². The third kappa shape index (κ3) is 3.03. The first-order valence-corrected chi connectivity index (χ1v) is 4.44. The summed E-state index contributed by atoms with van der Waals surface area (Å²) in [4.78, 5) is 0. The molecule has 0 aliphatic heterocycles. The maximum atomic E-state index is 8.51. The number of hydrogen-bond donors (Lipinski definition) is 1. The van der Waals surface area contributed by atoms with E-state index < -0.39 is 0 Å². The molecule has 0 saturated heterocycles. The quantitative estimate of drug-likeness (QED) is 0.809. The molecule has 0 spiro atoms. The second-order valence-corrected chi connectivity index (χ2v) is 3.39. The van der Waals surface area contributed by atoms with E-state index in [4.69, 9.17) is 5.11 Å².